The third-order valence-corrected chi connectivity index (χ3v) is 7.71. The lowest BCUT2D eigenvalue weighted by Gasteiger charge is -2.39. The molecule has 9 nitrogen and oxygen atoms in total. The van der Waals surface area contributed by atoms with E-state index >= 15 is 0 Å². The van der Waals surface area contributed by atoms with E-state index in [2.05, 4.69) is 15.3 Å². The standard InChI is InChI=1S/C26H33N4O5P/c1-18(25(31)8-7-22-15-21-17-27-11-9-23(21)29-22)28-26(32)24-16-20(19-5-3-2-4-6-19)10-12-30(24)13-14-36(33,34)35/h2-6,9,11,15,17-18,20,24,29H,7-8,10,12-14,16H2,1H3,(H,28,32)(H2,33,34,35)/t18-,20-,24+/m0/s1. The Morgan fingerprint density at radius 2 is 2.03 bits per heavy atom. The van der Waals surface area contributed by atoms with Crippen molar-refractivity contribution in [3.63, 3.8) is 0 Å². The predicted molar refractivity (Wildman–Crippen MR) is 138 cm³/mol. The highest BCUT2D eigenvalue weighted by Crippen LogP contribution is 2.36. The first-order chi connectivity index (χ1) is 17.2. The zero-order chi connectivity index (χ0) is 25.7. The van der Waals surface area contributed by atoms with E-state index in [1.807, 2.05) is 47.4 Å². The molecule has 3 aromatic rings. The van der Waals surface area contributed by atoms with Crippen LogP contribution in [0.4, 0.5) is 0 Å². The van der Waals surface area contributed by atoms with Crippen LogP contribution < -0.4 is 5.32 Å². The molecule has 10 heteroatoms. The average Bonchev–Trinajstić information content (AvgIpc) is 3.29. The fourth-order valence-corrected chi connectivity index (χ4v) is 5.39. The van der Waals surface area contributed by atoms with Crippen LogP contribution >= 0.6 is 7.60 Å². The van der Waals surface area contributed by atoms with Crippen molar-refractivity contribution in [2.24, 2.45) is 0 Å². The minimum Gasteiger partial charge on any atom is -0.358 e. The number of H-pyrrole nitrogens is 1. The number of carbonyl (C=O) groups is 2. The van der Waals surface area contributed by atoms with Gasteiger partial charge in [0, 0.05) is 42.0 Å². The van der Waals surface area contributed by atoms with E-state index in [9.17, 15) is 23.9 Å². The van der Waals surface area contributed by atoms with Crippen molar-refractivity contribution in [2.45, 2.75) is 50.6 Å². The lowest BCUT2D eigenvalue weighted by molar-refractivity contribution is -0.132. The minimum absolute atomic E-state index is 0.0719. The normalized spacial score (nSPS) is 19.8. The van der Waals surface area contributed by atoms with E-state index in [0.717, 1.165) is 28.6 Å². The number of fused-ring (bicyclic) bond motifs is 1. The number of ketones is 1. The summed E-state index contributed by atoms with van der Waals surface area (Å²) in [7, 11) is -4.19. The van der Waals surface area contributed by atoms with Gasteiger partial charge in [0.2, 0.25) is 5.91 Å². The fraction of sp³-hybridized carbons (Fsp3) is 0.423. The predicted octanol–water partition coefficient (Wildman–Crippen LogP) is 3.00. The van der Waals surface area contributed by atoms with Gasteiger partial charge in [0.15, 0.2) is 5.78 Å². The lowest BCUT2D eigenvalue weighted by atomic mass is 9.85. The van der Waals surface area contributed by atoms with Crippen molar-refractivity contribution < 1.29 is 23.9 Å². The Morgan fingerprint density at radius 3 is 2.75 bits per heavy atom. The van der Waals surface area contributed by atoms with Crippen LogP contribution in [-0.4, -0.2) is 67.7 Å². The van der Waals surface area contributed by atoms with E-state index in [-0.39, 0.29) is 36.7 Å². The summed E-state index contributed by atoms with van der Waals surface area (Å²) in [5.41, 5.74) is 3.04. The summed E-state index contributed by atoms with van der Waals surface area (Å²) in [6, 6.07) is 12.6. The number of nitrogens with zero attached hydrogens (tertiary/aromatic N) is 2. The summed E-state index contributed by atoms with van der Waals surface area (Å²) in [6.07, 6.45) is 5.31. The molecule has 1 aliphatic rings. The molecule has 0 bridgehead atoms. The van der Waals surface area contributed by atoms with Crippen molar-refractivity contribution in [3.8, 4) is 0 Å². The summed E-state index contributed by atoms with van der Waals surface area (Å²) in [5, 5.41) is 3.85. The van der Waals surface area contributed by atoms with Gasteiger partial charge in [0.25, 0.3) is 0 Å². The molecule has 2 aromatic heterocycles. The van der Waals surface area contributed by atoms with Gasteiger partial charge in [-0.25, -0.2) is 0 Å². The molecule has 0 spiro atoms. The first-order valence-corrected chi connectivity index (χ1v) is 14.1. The fourth-order valence-electron chi connectivity index (χ4n) is 4.87. The summed E-state index contributed by atoms with van der Waals surface area (Å²) < 4.78 is 11.5. The number of likely N-dealkylation sites (tertiary alicyclic amines) is 1. The van der Waals surface area contributed by atoms with E-state index in [1.165, 1.54) is 0 Å². The Morgan fingerprint density at radius 1 is 1.25 bits per heavy atom. The maximum absolute atomic E-state index is 13.3. The Hall–Kier alpha value is -2.84. The van der Waals surface area contributed by atoms with E-state index in [0.29, 0.717) is 19.4 Å². The van der Waals surface area contributed by atoms with Crippen LogP contribution in [0.2, 0.25) is 0 Å². The number of aromatic amines is 1. The summed E-state index contributed by atoms with van der Waals surface area (Å²) in [4.78, 5) is 54.1. The van der Waals surface area contributed by atoms with E-state index in [1.54, 1.807) is 19.3 Å². The Kier molecular flexibility index (Phi) is 8.36. The van der Waals surface area contributed by atoms with Gasteiger partial charge < -0.3 is 20.1 Å². The molecule has 1 aliphatic heterocycles. The summed E-state index contributed by atoms with van der Waals surface area (Å²) >= 11 is 0. The molecular formula is C26H33N4O5P. The van der Waals surface area contributed by atoms with Crippen molar-refractivity contribution in [3.05, 3.63) is 66.1 Å². The highest BCUT2D eigenvalue weighted by molar-refractivity contribution is 7.51. The number of aromatic nitrogens is 2. The molecule has 1 aromatic carbocycles. The van der Waals surface area contributed by atoms with Crippen molar-refractivity contribution in [1.29, 1.82) is 0 Å². The van der Waals surface area contributed by atoms with Crippen molar-refractivity contribution in [2.75, 3.05) is 19.3 Å². The van der Waals surface area contributed by atoms with Crippen molar-refractivity contribution >= 4 is 30.2 Å². The number of nitrogens with one attached hydrogen (secondary N) is 2. The molecule has 3 heterocycles. The number of carbonyl (C=O) groups excluding carboxylic acids is 2. The molecule has 0 unspecified atom stereocenters. The van der Waals surface area contributed by atoms with Gasteiger partial charge in [0.1, 0.15) is 0 Å². The third kappa shape index (κ3) is 6.89. The molecule has 4 N–H and O–H groups in total. The Bertz CT molecular complexity index is 1210. The first-order valence-electron chi connectivity index (χ1n) is 12.3. The molecule has 1 fully saturated rings. The quantitative estimate of drug-likeness (QED) is 0.307. The molecule has 0 aliphatic carbocycles. The highest BCUT2D eigenvalue weighted by Gasteiger charge is 2.35. The van der Waals surface area contributed by atoms with Gasteiger partial charge in [-0.15, -0.1) is 0 Å². The molecule has 0 saturated carbocycles. The largest absolute Gasteiger partial charge is 0.358 e. The molecule has 4 rings (SSSR count). The van der Waals surface area contributed by atoms with Crippen LogP contribution in [0.25, 0.3) is 10.9 Å². The molecule has 192 valence electrons. The number of piperidine rings is 1. The number of aryl methyl sites for hydroxylation is 1. The van der Waals surface area contributed by atoms with Gasteiger partial charge in [-0.3, -0.25) is 24.0 Å². The minimum atomic E-state index is -4.19. The number of hydrogen-bond acceptors (Lipinski definition) is 5. The monoisotopic (exact) mass is 512 g/mol. The molecular weight excluding hydrogens is 479 g/mol. The smallest absolute Gasteiger partial charge is 0.326 e. The Labute approximate surface area is 210 Å². The topological polar surface area (TPSA) is 136 Å². The molecule has 1 amide bonds. The molecule has 0 radical (unpaired) electrons. The van der Waals surface area contributed by atoms with Gasteiger partial charge >= 0.3 is 7.60 Å². The van der Waals surface area contributed by atoms with Gasteiger partial charge in [-0.1, -0.05) is 30.3 Å². The highest BCUT2D eigenvalue weighted by atomic mass is 31.2. The van der Waals surface area contributed by atoms with Crippen LogP contribution in [0, 0.1) is 0 Å². The van der Waals surface area contributed by atoms with Crippen LogP contribution in [0.3, 0.4) is 0 Å². The summed E-state index contributed by atoms with van der Waals surface area (Å²) in [5.74, 6) is -0.188. The van der Waals surface area contributed by atoms with E-state index in [4.69, 9.17) is 0 Å². The second kappa shape index (κ2) is 11.5. The number of rotatable bonds is 10. The SMILES string of the molecule is C[C@H](NC(=O)[C@H]1C[C@@H](c2ccccc2)CCN1CCP(=O)(O)O)C(=O)CCc1cc2cnccc2[nH]1. The van der Waals surface area contributed by atoms with Crippen LogP contribution in [0.1, 0.15) is 43.4 Å². The van der Waals surface area contributed by atoms with Gasteiger partial charge in [-0.2, -0.15) is 0 Å². The summed E-state index contributed by atoms with van der Waals surface area (Å²) in [6.45, 7) is 2.36. The maximum atomic E-state index is 13.3. The zero-order valence-corrected chi connectivity index (χ0v) is 21.2. The second-order valence-electron chi connectivity index (χ2n) is 9.53. The van der Waals surface area contributed by atoms with Crippen molar-refractivity contribution in [1.82, 2.24) is 20.2 Å². The number of pyridine rings is 1. The van der Waals surface area contributed by atoms with Gasteiger partial charge in [0.05, 0.1) is 18.2 Å². The molecule has 36 heavy (non-hydrogen) atoms. The number of benzene rings is 1. The Balaban J connectivity index is 1.38. The lowest BCUT2D eigenvalue weighted by Crippen LogP contribution is -2.54. The van der Waals surface area contributed by atoms with Crippen LogP contribution in [0.5, 0.6) is 0 Å². The molecule has 1 saturated heterocycles. The number of Topliss-reactive ketones (excluding diaryl/α,β-unsaturated/α-hetero) is 1. The number of hydrogen-bond donors (Lipinski definition) is 4. The second-order valence-corrected chi connectivity index (χ2v) is 11.3. The van der Waals surface area contributed by atoms with Gasteiger partial charge in [-0.05, 0) is 56.3 Å². The van der Waals surface area contributed by atoms with Crippen LogP contribution in [-0.2, 0) is 20.6 Å². The maximum Gasteiger partial charge on any atom is 0.326 e. The first kappa shape index (κ1) is 26.2. The van der Waals surface area contributed by atoms with Crippen LogP contribution in [0.15, 0.2) is 54.9 Å². The average molecular weight is 513 g/mol. The van der Waals surface area contributed by atoms with E-state index < -0.39 is 19.7 Å². The number of amides is 1. The zero-order valence-electron chi connectivity index (χ0n) is 20.3. The third-order valence-electron chi connectivity index (χ3n) is 6.92. The molecule has 3 atom stereocenters.